The Morgan fingerprint density at radius 2 is 1.86 bits per heavy atom. The van der Waals surface area contributed by atoms with E-state index in [0.717, 1.165) is 11.1 Å². The van der Waals surface area contributed by atoms with Crippen molar-refractivity contribution in [1.82, 2.24) is 9.62 Å². The van der Waals surface area contributed by atoms with Crippen LogP contribution in [0.15, 0.2) is 65.6 Å². The van der Waals surface area contributed by atoms with Gasteiger partial charge in [-0.1, -0.05) is 54.6 Å². The van der Waals surface area contributed by atoms with Crippen molar-refractivity contribution in [2.45, 2.75) is 37.1 Å². The summed E-state index contributed by atoms with van der Waals surface area (Å²) in [6.07, 6.45) is 4.15. The molecule has 1 heterocycles. The van der Waals surface area contributed by atoms with Crippen LogP contribution in [0.25, 0.3) is 6.08 Å². The maximum atomic E-state index is 12.7. The van der Waals surface area contributed by atoms with E-state index in [1.54, 1.807) is 32.1 Å². The summed E-state index contributed by atoms with van der Waals surface area (Å²) >= 11 is 0. The quantitative estimate of drug-likeness (QED) is 0.791. The highest BCUT2D eigenvalue weighted by Crippen LogP contribution is 2.32. The van der Waals surface area contributed by atoms with Crippen molar-refractivity contribution in [3.63, 3.8) is 0 Å². The Labute approximate surface area is 171 Å². The van der Waals surface area contributed by atoms with E-state index in [1.165, 1.54) is 17.0 Å². The van der Waals surface area contributed by atoms with Gasteiger partial charge in [0.05, 0.1) is 4.90 Å². The van der Waals surface area contributed by atoms with E-state index in [4.69, 9.17) is 0 Å². The van der Waals surface area contributed by atoms with Gasteiger partial charge in [-0.15, -0.1) is 0 Å². The molecule has 7 heteroatoms. The van der Waals surface area contributed by atoms with Crippen LogP contribution < -0.4 is 4.72 Å². The maximum Gasteiger partial charge on any atom is 0.264 e. The van der Waals surface area contributed by atoms with E-state index in [1.807, 2.05) is 36.4 Å². The molecule has 0 saturated carbocycles. The molecule has 0 spiro atoms. The molecule has 2 amide bonds. The third kappa shape index (κ3) is 4.56. The Hall–Kier alpha value is -2.93. The van der Waals surface area contributed by atoms with Gasteiger partial charge in [-0.3, -0.25) is 9.59 Å². The van der Waals surface area contributed by atoms with Crippen LogP contribution in [0, 0.1) is 6.92 Å². The minimum atomic E-state index is -3.99. The molecule has 1 fully saturated rings. The molecule has 1 aliphatic rings. The topological polar surface area (TPSA) is 83.6 Å². The monoisotopic (exact) mass is 412 g/mol. The fourth-order valence-electron chi connectivity index (χ4n) is 3.24. The summed E-state index contributed by atoms with van der Waals surface area (Å²) in [6, 6.07) is 15.9. The number of nitrogens with zero attached hydrogens (tertiary/aromatic N) is 1. The predicted octanol–water partition coefficient (Wildman–Crippen LogP) is 2.89. The van der Waals surface area contributed by atoms with Gasteiger partial charge in [-0.05, 0) is 43.5 Å². The number of likely N-dealkylation sites (tertiary alicyclic amines) is 1. The second-order valence-corrected chi connectivity index (χ2v) is 9.02. The largest absolute Gasteiger partial charge is 0.328 e. The van der Waals surface area contributed by atoms with Crippen LogP contribution in [0.1, 0.15) is 30.9 Å². The highest BCUT2D eigenvalue weighted by atomic mass is 32.2. The normalized spacial score (nSPS) is 19.0. The molecule has 3 rings (SSSR count). The van der Waals surface area contributed by atoms with Crippen molar-refractivity contribution in [2.75, 3.05) is 6.54 Å². The molecule has 0 bridgehead atoms. The van der Waals surface area contributed by atoms with Crippen molar-refractivity contribution in [3.8, 4) is 0 Å². The van der Waals surface area contributed by atoms with Gasteiger partial charge in [0.25, 0.3) is 15.9 Å². The first kappa shape index (κ1) is 20.8. The molecule has 0 aromatic heterocycles. The average Bonchev–Trinajstić information content (AvgIpc) is 2.67. The molecule has 1 atom stereocenters. The molecule has 0 radical (unpaired) electrons. The van der Waals surface area contributed by atoms with E-state index in [2.05, 4.69) is 4.72 Å². The first-order valence-electron chi connectivity index (χ1n) is 9.38. The molecule has 1 aliphatic heterocycles. The highest BCUT2D eigenvalue weighted by molar-refractivity contribution is 7.90. The summed E-state index contributed by atoms with van der Waals surface area (Å²) in [5, 5.41) is 0. The molecule has 1 N–H and O–H groups in total. The molecule has 29 heavy (non-hydrogen) atoms. The van der Waals surface area contributed by atoms with Crippen LogP contribution in [0.2, 0.25) is 0 Å². The van der Waals surface area contributed by atoms with E-state index < -0.39 is 21.5 Å². The van der Waals surface area contributed by atoms with Crippen LogP contribution in [-0.4, -0.2) is 37.2 Å². The van der Waals surface area contributed by atoms with E-state index >= 15 is 0 Å². The summed E-state index contributed by atoms with van der Waals surface area (Å²) in [5.74, 6) is -0.903. The van der Waals surface area contributed by atoms with Crippen LogP contribution in [0.4, 0.5) is 0 Å². The lowest BCUT2D eigenvalue weighted by atomic mass is 9.85. The summed E-state index contributed by atoms with van der Waals surface area (Å²) in [4.78, 5) is 26.7. The number of amides is 2. The standard InChI is InChI=1S/C22H24N2O4S/c1-17-8-6-12-19(16-17)29(27,28)23-21(26)22(2)14-15-24(22)20(25)13-7-11-18-9-4-3-5-10-18/h3-12,16H,13-15H2,1-2H3,(H,23,26)/b11-7+. The number of sulfonamides is 1. The zero-order chi connectivity index (χ0) is 21.1. The Bertz CT molecular complexity index is 1050. The number of aryl methyl sites for hydroxylation is 1. The van der Waals surface area contributed by atoms with Crippen LogP contribution in [0.5, 0.6) is 0 Å². The van der Waals surface area contributed by atoms with Crippen molar-refractivity contribution in [3.05, 3.63) is 71.8 Å². The smallest absolute Gasteiger partial charge is 0.264 e. The number of nitrogens with one attached hydrogen (secondary N) is 1. The zero-order valence-electron chi connectivity index (χ0n) is 16.5. The third-order valence-electron chi connectivity index (χ3n) is 5.14. The Morgan fingerprint density at radius 1 is 1.14 bits per heavy atom. The van der Waals surface area contributed by atoms with Crippen LogP contribution in [-0.2, 0) is 19.6 Å². The second-order valence-electron chi connectivity index (χ2n) is 7.34. The number of carbonyl (C=O) groups excluding carboxylic acids is 2. The molecule has 6 nitrogen and oxygen atoms in total. The lowest BCUT2D eigenvalue weighted by Gasteiger charge is -2.48. The average molecular weight is 413 g/mol. The fraction of sp³-hybridized carbons (Fsp3) is 0.273. The minimum absolute atomic E-state index is 0.0254. The number of hydrogen-bond donors (Lipinski definition) is 1. The lowest BCUT2D eigenvalue weighted by Crippen LogP contribution is -2.67. The number of benzene rings is 2. The van der Waals surface area contributed by atoms with E-state index in [9.17, 15) is 18.0 Å². The van der Waals surface area contributed by atoms with Crippen molar-refractivity contribution >= 4 is 27.9 Å². The summed E-state index contributed by atoms with van der Waals surface area (Å²) in [5.41, 5.74) is 0.583. The molecule has 2 aromatic carbocycles. The van der Waals surface area contributed by atoms with Gasteiger partial charge in [0.2, 0.25) is 5.91 Å². The Morgan fingerprint density at radius 3 is 2.48 bits per heavy atom. The first-order valence-corrected chi connectivity index (χ1v) is 10.9. The molecular weight excluding hydrogens is 388 g/mol. The van der Waals surface area contributed by atoms with E-state index in [-0.39, 0.29) is 17.2 Å². The van der Waals surface area contributed by atoms with Gasteiger partial charge >= 0.3 is 0 Å². The molecule has 0 aliphatic carbocycles. The van der Waals surface area contributed by atoms with Crippen molar-refractivity contribution in [2.24, 2.45) is 0 Å². The number of hydrogen-bond acceptors (Lipinski definition) is 4. The van der Waals surface area contributed by atoms with Gasteiger partial charge in [0.1, 0.15) is 5.54 Å². The molecule has 152 valence electrons. The van der Waals surface area contributed by atoms with Crippen LogP contribution >= 0.6 is 0 Å². The second kappa shape index (κ2) is 8.21. The van der Waals surface area contributed by atoms with Gasteiger partial charge < -0.3 is 4.90 Å². The summed E-state index contributed by atoms with van der Waals surface area (Å²) in [6.45, 7) is 3.79. The molecule has 1 saturated heterocycles. The van der Waals surface area contributed by atoms with E-state index in [0.29, 0.717) is 13.0 Å². The molecule has 1 unspecified atom stereocenters. The SMILES string of the molecule is Cc1cccc(S(=O)(=O)NC(=O)C2(C)CCN2C(=O)C/C=C/c2ccccc2)c1. The predicted molar refractivity (Wildman–Crippen MR) is 111 cm³/mol. The zero-order valence-corrected chi connectivity index (χ0v) is 17.3. The number of rotatable bonds is 6. The van der Waals surface area contributed by atoms with Crippen molar-refractivity contribution in [1.29, 1.82) is 0 Å². The first-order chi connectivity index (χ1) is 13.7. The summed E-state index contributed by atoms with van der Waals surface area (Å²) in [7, 11) is -3.99. The maximum absolute atomic E-state index is 12.7. The minimum Gasteiger partial charge on any atom is -0.328 e. The number of carbonyl (C=O) groups is 2. The summed E-state index contributed by atoms with van der Waals surface area (Å²) < 4.78 is 27.2. The van der Waals surface area contributed by atoms with Crippen LogP contribution in [0.3, 0.4) is 0 Å². The molecular formula is C22H24N2O4S. The Balaban J connectivity index is 1.65. The molecule has 2 aromatic rings. The van der Waals surface area contributed by atoms with Gasteiger partial charge in [-0.25, -0.2) is 13.1 Å². The third-order valence-corrected chi connectivity index (χ3v) is 6.47. The van der Waals surface area contributed by atoms with Gasteiger partial charge in [0.15, 0.2) is 0 Å². The highest BCUT2D eigenvalue weighted by Gasteiger charge is 2.50. The lowest BCUT2D eigenvalue weighted by molar-refractivity contribution is -0.155. The van der Waals surface area contributed by atoms with Gasteiger partial charge in [-0.2, -0.15) is 0 Å². The van der Waals surface area contributed by atoms with Gasteiger partial charge in [0, 0.05) is 13.0 Å². The van der Waals surface area contributed by atoms with Crippen molar-refractivity contribution < 1.29 is 18.0 Å². The Kier molecular flexibility index (Phi) is 5.88. The fourth-order valence-corrected chi connectivity index (χ4v) is 4.42.